The maximum absolute atomic E-state index is 10.9. The molecule has 5 nitrogen and oxygen atoms in total. The smallest absolute Gasteiger partial charge is 0.407 e. The number of amides is 1. The first-order chi connectivity index (χ1) is 7.68. The molecule has 1 atom stereocenters. The summed E-state index contributed by atoms with van der Waals surface area (Å²) in [4.78, 5) is 18.8. The molecule has 1 saturated heterocycles. The molecule has 1 fully saturated rings. The maximum Gasteiger partial charge on any atom is 0.407 e. The largest absolute Gasteiger partial charge is 0.465 e. The van der Waals surface area contributed by atoms with E-state index in [9.17, 15) is 4.79 Å². The fourth-order valence-electron chi connectivity index (χ4n) is 1.99. The number of carboxylic acid groups (broad SMARTS) is 1. The summed E-state index contributed by atoms with van der Waals surface area (Å²) in [5.41, 5.74) is 0. The van der Waals surface area contributed by atoms with Gasteiger partial charge in [-0.2, -0.15) is 0 Å². The van der Waals surface area contributed by atoms with Gasteiger partial charge in [-0.25, -0.2) is 9.78 Å². The van der Waals surface area contributed by atoms with E-state index in [2.05, 4.69) is 9.88 Å². The van der Waals surface area contributed by atoms with Crippen LogP contribution in [0.2, 0.25) is 0 Å². The Bertz CT molecular complexity index is 369. The van der Waals surface area contributed by atoms with E-state index in [1.807, 2.05) is 25.1 Å². The van der Waals surface area contributed by atoms with Gasteiger partial charge in [-0.1, -0.05) is 6.07 Å². The van der Waals surface area contributed by atoms with Gasteiger partial charge in [-0.15, -0.1) is 0 Å². The molecule has 1 aliphatic heterocycles. The van der Waals surface area contributed by atoms with Crippen LogP contribution < -0.4 is 4.90 Å². The fraction of sp³-hybridized carbons (Fsp3) is 0.455. The van der Waals surface area contributed by atoms with Gasteiger partial charge in [0.1, 0.15) is 5.82 Å². The third-order valence-electron chi connectivity index (χ3n) is 2.85. The van der Waals surface area contributed by atoms with Crippen molar-refractivity contribution >= 4 is 11.9 Å². The molecule has 0 aliphatic carbocycles. The molecule has 1 aromatic heterocycles. The first-order valence-electron chi connectivity index (χ1n) is 5.34. The van der Waals surface area contributed by atoms with Crippen molar-refractivity contribution in [3.8, 4) is 0 Å². The third kappa shape index (κ3) is 2.08. The molecule has 1 N–H and O–H groups in total. The van der Waals surface area contributed by atoms with Gasteiger partial charge in [-0.05, 0) is 19.1 Å². The van der Waals surface area contributed by atoms with Crippen molar-refractivity contribution in [3.63, 3.8) is 0 Å². The van der Waals surface area contributed by atoms with Crippen molar-refractivity contribution in [3.05, 3.63) is 24.4 Å². The van der Waals surface area contributed by atoms with E-state index in [0.717, 1.165) is 5.82 Å². The van der Waals surface area contributed by atoms with E-state index in [0.29, 0.717) is 19.6 Å². The van der Waals surface area contributed by atoms with E-state index >= 15 is 0 Å². The SMILES string of the molecule is CC1CN(c2ccccn2)CCN1C(=O)O. The normalized spacial score (nSPS) is 20.9. The minimum Gasteiger partial charge on any atom is -0.465 e. The standard InChI is InChI=1S/C11H15N3O2/c1-9-8-13(6-7-14(9)11(15)16)10-4-2-3-5-12-10/h2-5,9H,6-8H2,1H3,(H,15,16). The van der Waals surface area contributed by atoms with Crippen LogP contribution in [0.3, 0.4) is 0 Å². The zero-order chi connectivity index (χ0) is 11.5. The van der Waals surface area contributed by atoms with Crippen LogP contribution in [0.5, 0.6) is 0 Å². The van der Waals surface area contributed by atoms with Crippen LogP contribution in [0.15, 0.2) is 24.4 Å². The minimum atomic E-state index is -0.840. The van der Waals surface area contributed by atoms with Crippen molar-refractivity contribution in [2.24, 2.45) is 0 Å². The molecular formula is C11H15N3O2. The second-order valence-electron chi connectivity index (χ2n) is 3.96. The lowest BCUT2D eigenvalue weighted by molar-refractivity contribution is 0.122. The second-order valence-corrected chi connectivity index (χ2v) is 3.96. The molecular weight excluding hydrogens is 206 g/mol. The summed E-state index contributed by atoms with van der Waals surface area (Å²) in [5.74, 6) is 0.916. The Kier molecular flexibility index (Phi) is 2.94. The quantitative estimate of drug-likeness (QED) is 0.776. The highest BCUT2D eigenvalue weighted by atomic mass is 16.4. The molecule has 1 aliphatic rings. The number of hydrogen-bond donors (Lipinski definition) is 1. The number of aromatic nitrogens is 1. The lowest BCUT2D eigenvalue weighted by atomic mass is 10.2. The molecule has 1 amide bonds. The number of nitrogens with zero attached hydrogens (tertiary/aromatic N) is 3. The summed E-state index contributed by atoms with van der Waals surface area (Å²) in [6.45, 7) is 3.85. The molecule has 2 rings (SSSR count). The van der Waals surface area contributed by atoms with Gasteiger partial charge in [-0.3, -0.25) is 0 Å². The third-order valence-corrected chi connectivity index (χ3v) is 2.85. The summed E-state index contributed by atoms with van der Waals surface area (Å²) in [6.07, 6.45) is 0.914. The number of hydrogen-bond acceptors (Lipinski definition) is 3. The maximum atomic E-state index is 10.9. The predicted molar refractivity (Wildman–Crippen MR) is 60.6 cm³/mol. The molecule has 0 spiro atoms. The Labute approximate surface area is 94.3 Å². The van der Waals surface area contributed by atoms with Crippen LogP contribution in [0.25, 0.3) is 0 Å². The first kappa shape index (κ1) is 10.7. The van der Waals surface area contributed by atoms with Crippen molar-refractivity contribution < 1.29 is 9.90 Å². The molecule has 5 heteroatoms. The summed E-state index contributed by atoms with van der Waals surface area (Å²) in [7, 11) is 0. The highest BCUT2D eigenvalue weighted by molar-refractivity contribution is 5.66. The lowest BCUT2D eigenvalue weighted by Gasteiger charge is -2.38. The Morgan fingerprint density at radius 2 is 2.31 bits per heavy atom. The van der Waals surface area contributed by atoms with Gasteiger partial charge >= 0.3 is 6.09 Å². The topological polar surface area (TPSA) is 56.7 Å². The van der Waals surface area contributed by atoms with Gasteiger partial charge in [0.25, 0.3) is 0 Å². The molecule has 1 unspecified atom stereocenters. The van der Waals surface area contributed by atoms with Crippen LogP contribution >= 0.6 is 0 Å². The van der Waals surface area contributed by atoms with Gasteiger partial charge in [0, 0.05) is 31.9 Å². The van der Waals surface area contributed by atoms with Crippen molar-refractivity contribution in [1.82, 2.24) is 9.88 Å². The minimum absolute atomic E-state index is 0.00764. The van der Waals surface area contributed by atoms with Crippen molar-refractivity contribution in [2.75, 3.05) is 24.5 Å². The molecule has 0 saturated carbocycles. The Morgan fingerprint density at radius 1 is 1.50 bits per heavy atom. The Hall–Kier alpha value is -1.78. The molecule has 16 heavy (non-hydrogen) atoms. The molecule has 2 heterocycles. The molecule has 0 radical (unpaired) electrons. The monoisotopic (exact) mass is 221 g/mol. The molecule has 0 aromatic carbocycles. The van der Waals surface area contributed by atoms with Crippen LogP contribution in [0, 0.1) is 0 Å². The van der Waals surface area contributed by atoms with Gasteiger partial charge < -0.3 is 14.9 Å². The Balaban J connectivity index is 2.05. The summed E-state index contributed by atoms with van der Waals surface area (Å²) < 4.78 is 0. The van der Waals surface area contributed by atoms with Crippen molar-refractivity contribution in [1.29, 1.82) is 0 Å². The number of rotatable bonds is 1. The number of anilines is 1. The van der Waals surface area contributed by atoms with E-state index in [4.69, 9.17) is 5.11 Å². The van der Waals surface area contributed by atoms with Crippen molar-refractivity contribution in [2.45, 2.75) is 13.0 Å². The number of pyridine rings is 1. The Morgan fingerprint density at radius 3 is 2.88 bits per heavy atom. The predicted octanol–water partition coefficient (Wildman–Crippen LogP) is 1.27. The second kappa shape index (κ2) is 4.38. The summed E-state index contributed by atoms with van der Waals surface area (Å²) in [5, 5.41) is 8.96. The lowest BCUT2D eigenvalue weighted by Crippen LogP contribution is -2.53. The van der Waals surface area contributed by atoms with Gasteiger partial charge in [0.2, 0.25) is 0 Å². The van der Waals surface area contributed by atoms with E-state index in [-0.39, 0.29) is 6.04 Å². The summed E-state index contributed by atoms with van der Waals surface area (Å²) in [6, 6.07) is 5.77. The van der Waals surface area contributed by atoms with E-state index < -0.39 is 6.09 Å². The highest BCUT2D eigenvalue weighted by Crippen LogP contribution is 2.16. The van der Waals surface area contributed by atoms with E-state index in [1.165, 1.54) is 4.90 Å². The van der Waals surface area contributed by atoms with Crippen LogP contribution in [-0.2, 0) is 0 Å². The average Bonchev–Trinajstić information content (AvgIpc) is 2.29. The van der Waals surface area contributed by atoms with E-state index in [1.54, 1.807) is 6.20 Å². The van der Waals surface area contributed by atoms with Crippen LogP contribution in [-0.4, -0.2) is 46.8 Å². The molecule has 86 valence electrons. The van der Waals surface area contributed by atoms with Gasteiger partial charge in [0.15, 0.2) is 0 Å². The average molecular weight is 221 g/mol. The zero-order valence-corrected chi connectivity index (χ0v) is 9.21. The molecule has 0 bridgehead atoms. The number of piperazine rings is 1. The zero-order valence-electron chi connectivity index (χ0n) is 9.21. The highest BCUT2D eigenvalue weighted by Gasteiger charge is 2.27. The number of carbonyl (C=O) groups is 1. The fourth-order valence-corrected chi connectivity index (χ4v) is 1.99. The summed E-state index contributed by atoms with van der Waals surface area (Å²) >= 11 is 0. The van der Waals surface area contributed by atoms with Gasteiger partial charge in [0.05, 0.1) is 0 Å². The first-order valence-corrected chi connectivity index (χ1v) is 5.34. The van der Waals surface area contributed by atoms with Crippen LogP contribution in [0.4, 0.5) is 10.6 Å². The molecule has 1 aromatic rings. The van der Waals surface area contributed by atoms with Crippen LogP contribution in [0.1, 0.15) is 6.92 Å².